The predicted octanol–water partition coefficient (Wildman–Crippen LogP) is 8.31. The summed E-state index contributed by atoms with van der Waals surface area (Å²) in [6.07, 6.45) is 13.6. The van der Waals surface area contributed by atoms with Gasteiger partial charge in [-0.1, -0.05) is 116 Å². The van der Waals surface area contributed by atoms with Crippen molar-refractivity contribution in [1.82, 2.24) is 0 Å². The van der Waals surface area contributed by atoms with Crippen LogP contribution in [0, 0.1) is 12.8 Å². The zero-order valence-electron chi connectivity index (χ0n) is 27.2. The highest BCUT2D eigenvalue weighted by atomic mass is 16.8. The van der Waals surface area contributed by atoms with Gasteiger partial charge in [-0.05, 0) is 43.7 Å². The zero-order chi connectivity index (χ0) is 30.6. The van der Waals surface area contributed by atoms with Gasteiger partial charge in [0.15, 0.2) is 6.10 Å². The van der Waals surface area contributed by atoms with Crippen molar-refractivity contribution in [2.75, 3.05) is 19.8 Å². The Morgan fingerprint density at radius 2 is 1.60 bits per heavy atom. The number of carbonyl (C=O) groups is 1. The minimum absolute atomic E-state index is 0.0274. The number of nitrogens with zero attached hydrogens (tertiary/aromatic N) is 2. The van der Waals surface area contributed by atoms with Gasteiger partial charge in [-0.25, -0.2) is 4.79 Å². The second-order valence-corrected chi connectivity index (χ2v) is 12.6. The van der Waals surface area contributed by atoms with E-state index in [2.05, 4.69) is 38.9 Å². The first-order chi connectivity index (χ1) is 20.3. The van der Waals surface area contributed by atoms with E-state index in [1.165, 1.54) is 43.2 Å². The predicted molar refractivity (Wildman–Crippen MR) is 170 cm³/mol. The van der Waals surface area contributed by atoms with Crippen LogP contribution in [-0.4, -0.2) is 54.2 Å². The fourth-order valence-corrected chi connectivity index (χ4v) is 7.17. The molecule has 1 aromatic carbocycles. The molecule has 7 nitrogen and oxygen atoms in total. The maximum Gasteiger partial charge on any atom is 0.363 e. The molecule has 1 N–H and O–H groups in total. The number of esters is 1. The number of aryl methyl sites for hydroxylation is 1. The molecule has 2 aliphatic rings. The van der Waals surface area contributed by atoms with Gasteiger partial charge in [0.2, 0.25) is 11.5 Å². The van der Waals surface area contributed by atoms with Crippen LogP contribution < -0.4 is 0 Å². The summed E-state index contributed by atoms with van der Waals surface area (Å²) in [6.45, 7) is 14.3. The molecule has 2 aliphatic heterocycles. The highest BCUT2D eigenvalue weighted by Crippen LogP contribution is 2.42. The van der Waals surface area contributed by atoms with Gasteiger partial charge in [0.25, 0.3) is 0 Å². The Labute approximate surface area is 254 Å². The molecule has 3 rings (SSSR count). The quantitative estimate of drug-likeness (QED) is 0.0616. The van der Waals surface area contributed by atoms with Gasteiger partial charge in [-0.2, -0.15) is 0 Å². The van der Waals surface area contributed by atoms with Crippen LogP contribution in [-0.2, 0) is 24.4 Å². The molecule has 2 heterocycles. The second kappa shape index (κ2) is 16.6. The van der Waals surface area contributed by atoms with Crippen molar-refractivity contribution in [2.24, 2.45) is 16.1 Å². The fourth-order valence-electron chi connectivity index (χ4n) is 7.17. The Morgan fingerprint density at radius 3 is 2.17 bits per heavy atom. The molecule has 0 amide bonds. The number of ether oxygens (including phenoxy) is 3. The third-order valence-electron chi connectivity index (χ3n) is 9.13. The van der Waals surface area contributed by atoms with E-state index in [0.29, 0.717) is 31.9 Å². The number of carbonyl (C=O) groups excluding carboxylic acids is 1. The monoisotopic (exact) mass is 584 g/mol. The Bertz CT molecular complexity index is 1050. The number of unbranched alkanes of at least 4 members (excludes halogenated alkanes) is 7. The van der Waals surface area contributed by atoms with E-state index < -0.39 is 17.9 Å². The van der Waals surface area contributed by atoms with E-state index >= 15 is 0 Å². The maximum atomic E-state index is 13.8. The van der Waals surface area contributed by atoms with E-state index in [1.807, 2.05) is 26.0 Å². The number of hydrogen-bond donors (Lipinski definition) is 1. The van der Waals surface area contributed by atoms with Gasteiger partial charge in [-0.3, -0.25) is 4.99 Å². The van der Waals surface area contributed by atoms with Gasteiger partial charge in [-0.15, -0.1) is 0 Å². The van der Waals surface area contributed by atoms with Crippen LogP contribution in [0.25, 0.3) is 0 Å². The average Bonchev–Trinajstić information content (AvgIpc) is 3.47. The lowest BCUT2D eigenvalue weighted by atomic mass is 9.68. The molecule has 0 aromatic heterocycles. The summed E-state index contributed by atoms with van der Waals surface area (Å²) in [4.78, 5) is 18.8. The highest BCUT2D eigenvalue weighted by Gasteiger charge is 2.50. The van der Waals surface area contributed by atoms with Crippen molar-refractivity contribution in [2.45, 2.75) is 142 Å². The summed E-state index contributed by atoms with van der Waals surface area (Å²) in [5.74, 6) is -1.73. The van der Waals surface area contributed by atoms with E-state index in [0.717, 1.165) is 50.5 Å². The highest BCUT2D eigenvalue weighted by molar-refractivity contribution is 6.69. The summed E-state index contributed by atoms with van der Waals surface area (Å²) in [5, 5.41) is 13.7. The SMILES string of the molecule is CCCCCCCCCCC(OC(=O)/C(=N/O)C1=NCC(CCC)(CCC)c2c(C)cccc21)C1(C(C)C)OCCO1. The van der Waals surface area contributed by atoms with Crippen LogP contribution in [0.2, 0.25) is 0 Å². The van der Waals surface area contributed by atoms with Gasteiger partial charge < -0.3 is 19.4 Å². The van der Waals surface area contributed by atoms with E-state index in [-0.39, 0.29) is 17.0 Å². The number of aliphatic imine (C=N–C) groups is 1. The molecule has 1 saturated heterocycles. The number of benzene rings is 1. The van der Waals surface area contributed by atoms with Crippen LogP contribution in [0.5, 0.6) is 0 Å². The van der Waals surface area contributed by atoms with Crippen LogP contribution in [0.4, 0.5) is 0 Å². The normalized spacial score (nSPS) is 18.5. The maximum absolute atomic E-state index is 13.8. The van der Waals surface area contributed by atoms with Gasteiger partial charge in [0, 0.05) is 23.4 Å². The first-order valence-electron chi connectivity index (χ1n) is 16.7. The lowest BCUT2D eigenvalue weighted by Gasteiger charge is -2.40. The van der Waals surface area contributed by atoms with Crippen molar-refractivity contribution >= 4 is 17.4 Å². The molecule has 0 saturated carbocycles. The molecule has 0 radical (unpaired) electrons. The van der Waals surface area contributed by atoms with Gasteiger partial charge >= 0.3 is 5.97 Å². The summed E-state index contributed by atoms with van der Waals surface area (Å²) in [6, 6.07) is 6.10. The summed E-state index contributed by atoms with van der Waals surface area (Å²) in [7, 11) is 0. The Morgan fingerprint density at radius 1 is 0.976 bits per heavy atom. The van der Waals surface area contributed by atoms with Crippen molar-refractivity contribution in [1.29, 1.82) is 0 Å². The molecule has 1 unspecified atom stereocenters. The molecule has 1 aromatic rings. The average molecular weight is 585 g/mol. The Hall–Kier alpha value is -2.25. The second-order valence-electron chi connectivity index (χ2n) is 12.6. The topological polar surface area (TPSA) is 89.7 Å². The number of fused-ring (bicyclic) bond motifs is 1. The van der Waals surface area contributed by atoms with E-state index in [9.17, 15) is 10.0 Å². The molecule has 0 spiro atoms. The van der Waals surface area contributed by atoms with E-state index in [4.69, 9.17) is 19.2 Å². The summed E-state index contributed by atoms with van der Waals surface area (Å²) < 4.78 is 18.5. The van der Waals surface area contributed by atoms with Crippen LogP contribution in [0.15, 0.2) is 28.3 Å². The third kappa shape index (κ3) is 7.82. The van der Waals surface area contributed by atoms with Gasteiger partial charge in [0.05, 0.1) is 13.2 Å². The van der Waals surface area contributed by atoms with Crippen LogP contribution in [0.3, 0.4) is 0 Å². The fraction of sp³-hybridized carbons (Fsp3) is 0.743. The minimum atomic E-state index is -1.02. The molecular formula is C35H56N2O5. The molecule has 42 heavy (non-hydrogen) atoms. The number of rotatable bonds is 18. The molecule has 1 fully saturated rings. The molecule has 7 heteroatoms. The number of oxime groups is 1. The van der Waals surface area contributed by atoms with Crippen LogP contribution >= 0.6 is 0 Å². The zero-order valence-corrected chi connectivity index (χ0v) is 27.2. The summed E-state index contributed by atoms with van der Waals surface area (Å²) >= 11 is 0. The van der Waals surface area contributed by atoms with Crippen molar-refractivity contribution in [3.63, 3.8) is 0 Å². The smallest absolute Gasteiger partial charge is 0.363 e. The first kappa shape index (κ1) is 34.2. The van der Waals surface area contributed by atoms with Crippen molar-refractivity contribution in [3.8, 4) is 0 Å². The molecule has 236 valence electrons. The standard InChI is InChI=1S/C35H56N2O5/c1-7-10-11-12-13-14-15-16-20-29(35(26(4)5)40-23-24-41-35)42-33(38)32(37-39)31-28-19-17-18-27(6)30(28)34(21-8-2,22-9-3)25-36-31/h17-19,26,29,39H,7-16,20-25H2,1-6H3/b37-32+. The Balaban J connectivity index is 1.84. The van der Waals surface area contributed by atoms with Crippen molar-refractivity contribution < 1.29 is 24.2 Å². The molecular weight excluding hydrogens is 528 g/mol. The third-order valence-corrected chi connectivity index (χ3v) is 9.13. The first-order valence-corrected chi connectivity index (χ1v) is 16.7. The summed E-state index contributed by atoms with van der Waals surface area (Å²) in [5.41, 5.74) is 3.41. The largest absolute Gasteiger partial charge is 0.452 e. The molecule has 0 aliphatic carbocycles. The Kier molecular flexibility index (Phi) is 13.5. The number of hydrogen-bond acceptors (Lipinski definition) is 7. The lowest BCUT2D eigenvalue weighted by Crippen LogP contribution is -2.51. The van der Waals surface area contributed by atoms with Crippen LogP contribution in [0.1, 0.15) is 135 Å². The molecule has 0 bridgehead atoms. The molecule has 1 atom stereocenters. The van der Waals surface area contributed by atoms with Gasteiger partial charge in [0.1, 0.15) is 5.71 Å². The van der Waals surface area contributed by atoms with Crippen molar-refractivity contribution in [3.05, 3.63) is 34.9 Å². The van der Waals surface area contributed by atoms with E-state index in [1.54, 1.807) is 0 Å². The lowest BCUT2D eigenvalue weighted by molar-refractivity contribution is -0.252. The minimum Gasteiger partial charge on any atom is -0.452 e.